The van der Waals surface area contributed by atoms with Crippen LogP contribution in [0.15, 0.2) is 6.07 Å². The second-order valence-electron chi connectivity index (χ2n) is 6.67. The van der Waals surface area contributed by atoms with Crippen LogP contribution in [0.1, 0.15) is 70.5 Å². The standard InChI is InChI=1S/C17H28N4/c1-3-18-15-11-16(21-17(20-15)13-9-10-13)19-14-8-6-4-5-7-12(14)2/h11-14H,3-10H2,1-2H3,(H2,18,19,20,21). The molecule has 2 aliphatic carbocycles. The number of nitrogens with one attached hydrogen (secondary N) is 2. The maximum atomic E-state index is 4.77. The summed E-state index contributed by atoms with van der Waals surface area (Å²) in [7, 11) is 0. The molecule has 0 spiro atoms. The summed E-state index contributed by atoms with van der Waals surface area (Å²) < 4.78 is 0. The Balaban J connectivity index is 1.76. The molecular weight excluding hydrogens is 260 g/mol. The third kappa shape index (κ3) is 3.86. The van der Waals surface area contributed by atoms with Crippen LogP contribution in [-0.2, 0) is 0 Å². The van der Waals surface area contributed by atoms with Crippen LogP contribution in [-0.4, -0.2) is 22.6 Å². The van der Waals surface area contributed by atoms with Crippen LogP contribution < -0.4 is 10.6 Å². The van der Waals surface area contributed by atoms with Crippen LogP contribution >= 0.6 is 0 Å². The van der Waals surface area contributed by atoms with Gasteiger partial charge in [0.05, 0.1) is 0 Å². The van der Waals surface area contributed by atoms with E-state index in [-0.39, 0.29) is 0 Å². The molecule has 0 aromatic carbocycles. The van der Waals surface area contributed by atoms with Crippen molar-refractivity contribution in [1.82, 2.24) is 9.97 Å². The average Bonchev–Trinajstić information content (AvgIpc) is 3.29. The van der Waals surface area contributed by atoms with Gasteiger partial charge in [-0.15, -0.1) is 0 Å². The lowest BCUT2D eigenvalue weighted by atomic mass is 9.97. The first-order chi connectivity index (χ1) is 10.3. The highest BCUT2D eigenvalue weighted by molar-refractivity contribution is 5.48. The van der Waals surface area contributed by atoms with Crippen molar-refractivity contribution in [2.45, 2.75) is 70.8 Å². The maximum absolute atomic E-state index is 4.77. The zero-order valence-electron chi connectivity index (χ0n) is 13.4. The largest absolute Gasteiger partial charge is 0.370 e. The second kappa shape index (κ2) is 6.63. The first kappa shape index (κ1) is 14.6. The SMILES string of the molecule is CCNc1cc(NC2CCCCCC2C)nc(C2CC2)n1. The predicted octanol–water partition coefficient (Wildman–Crippen LogP) is 4.17. The van der Waals surface area contributed by atoms with E-state index in [1.807, 2.05) is 0 Å². The van der Waals surface area contributed by atoms with E-state index in [0.29, 0.717) is 12.0 Å². The summed E-state index contributed by atoms with van der Waals surface area (Å²) in [6.07, 6.45) is 9.17. The molecule has 1 aromatic heterocycles. The van der Waals surface area contributed by atoms with Crippen molar-refractivity contribution in [3.63, 3.8) is 0 Å². The Morgan fingerprint density at radius 3 is 2.57 bits per heavy atom. The van der Waals surface area contributed by atoms with Gasteiger partial charge < -0.3 is 10.6 Å². The van der Waals surface area contributed by atoms with E-state index in [0.717, 1.165) is 29.9 Å². The molecule has 0 bridgehead atoms. The highest BCUT2D eigenvalue weighted by Crippen LogP contribution is 2.39. The molecular formula is C17H28N4. The Kier molecular flexibility index (Phi) is 4.61. The highest BCUT2D eigenvalue weighted by atomic mass is 15.1. The van der Waals surface area contributed by atoms with Gasteiger partial charge in [-0.2, -0.15) is 0 Å². The lowest BCUT2D eigenvalue weighted by Gasteiger charge is -2.24. The van der Waals surface area contributed by atoms with Crippen LogP contribution in [0.25, 0.3) is 0 Å². The fourth-order valence-corrected chi connectivity index (χ4v) is 3.23. The van der Waals surface area contributed by atoms with Crippen molar-refractivity contribution in [2.24, 2.45) is 5.92 Å². The molecule has 2 aliphatic rings. The van der Waals surface area contributed by atoms with Gasteiger partial charge in [0.2, 0.25) is 0 Å². The molecule has 2 N–H and O–H groups in total. The molecule has 0 saturated heterocycles. The number of nitrogens with zero attached hydrogens (tertiary/aromatic N) is 2. The number of anilines is 2. The molecule has 2 fully saturated rings. The van der Waals surface area contributed by atoms with Gasteiger partial charge in [0.25, 0.3) is 0 Å². The van der Waals surface area contributed by atoms with Gasteiger partial charge in [-0.3, -0.25) is 0 Å². The maximum Gasteiger partial charge on any atom is 0.136 e. The molecule has 2 saturated carbocycles. The Morgan fingerprint density at radius 2 is 1.81 bits per heavy atom. The molecule has 3 rings (SSSR count). The van der Waals surface area contributed by atoms with E-state index < -0.39 is 0 Å². The van der Waals surface area contributed by atoms with E-state index in [4.69, 9.17) is 4.98 Å². The summed E-state index contributed by atoms with van der Waals surface area (Å²) in [6.45, 7) is 5.39. The third-order valence-corrected chi connectivity index (χ3v) is 4.74. The van der Waals surface area contributed by atoms with Crippen LogP contribution in [0.2, 0.25) is 0 Å². The lowest BCUT2D eigenvalue weighted by molar-refractivity contribution is 0.455. The van der Waals surface area contributed by atoms with Crippen molar-refractivity contribution in [2.75, 3.05) is 17.2 Å². The van der Waals surface area contributed by atoms with Gasteiger partial charge >= 0.3 is 0 Å². The van der Waals surface area contributed by atoms with Gasteiger partial charge in [-0.05, 0) is 38.5 Å². The minimum absolute atomic E-state index is 0.559. The van der Waals surface area contributed by atoms with Crippen LogP contribution in [0, 0.1) is 5.92 Å². The Bertz CT molecular complexity index is 470. The highest BCUT2D eigenvalue weighted by Gasteiger charge is 2.28. The summed E-state index contributed by atoms with van der Waals surface area (Å²) in [5.74, 6) is 4.34. The molecule has 2 unspecified atom stereocenters. The molecule has 4 nitrogen and oxygen atoms in total. The molecule has 1 heterocycles. The Hall–Kier alpha value is -1.32. The van der Waals surface area contributed by atoms with E-state index in [1.165, 1.54) is 44.9 Å². The van der Waals surface area contributed by atoms with E-state index in [1.54, 1.807) is 0 Å². The molecule has 0 aliphatic heterocycles. The minimum atomic E-state index is 0.559. The number of rotatable bonds is 5. The van der Waals surface area contributed by atoms with Gasteiger partial charge in [-0.1, -0.05) is 26.2 Å². The van der Waals surface area contributed by atoms with Crippen molar-refractivity contribution in [1.29, 1.82) is 0 Å². The Labute approximate surface area is 128 Å². The van der Waals surface area contributed by atoms with Crippen LogP contribution in [0.5, 0.6) is 0 Å². The minimum Gasteiger partial charge on any atom is -0.370 e. The number of hydrogen-bond donors (Lipinski definition) is 2. The summed E-state index contributed by atoms with van der Waals surface area (Å²) >= 11 is 0. The number of aromatic nitrogens is 2. The quantitative estimate of drug-likeness (QED) is 0.799. The molecule has 0 amide bonds. The summed E-state index contributed by atoms with van der Waals surface area (Å²) in [6, 6.07) is 2.64. The molecule has 21 heavy (non-hydrogen) atoms. The van der Waals surface area contributed by atoms with Crippen LogP contribution in [0.3, 0.4) is 0 Å². The fourth-order valence-electron chi connectivity index (χ4n) is 3.23. The van der Waals surface area contributed by atoms with Gasteiger partial charge in [0.1, 0.15) is 17.5 Å². The topological polar surface area (TPSA) is 49.8 Å². The molecule has 1 aromatic rings. The van der Waals surface area contributed by atoms with Gasteiger partial charge in [0.15, 0.2) is 0 Å². The molecule has 2 atom stereocenters. The summed E-state index contributed by atoms with van der Waals surface area (Å²) in [5, 5.41) is 7.04. The summed E-state index contributed by atoms with van der Waals surface area (Å²) in [4.78, 5) is 9.43. The summed E-state index contributed by atoms with van der Waals surface area (Å²) in [5.41, 5.74) is 0. The molecule has 0 radical (unpaired) electrons. The monoisotopic (exact) mass is 288 g/mol. The average molecular weight is 288 g/mol. The van der Waals surface area contributed by atoms with Crippen molar-refractivity contribution < 1.29 is 0 Å². The van der Waals surface area contributed by atoms with E-state index in [9.17, 15) is 0 Å². The van der Waals surface area contributed by atoms with Crippen molar-refractivity contribution in [3.8, 4) is 0 Å². The smallest absolute Gasteiger partial charge is 0.136 e. The second-order valence-corrected chi connectivity index (χ2v) is 6.67. The number of hydrogen-bond acceptors (Lipinski definition) is 4. The van der Waals surface area contributed by atoms with E-state index >= 15 is 0 Å². The van der Waals surface area contributed by atoms with Gasteiger partial charge in [0, 0.05) is 24.6 Å². The first-order valence-corrected chi connectivity index (χ1v) is 8.65. The zero-order chi connectivity index (χ0) is 14.7. The van der Waals surface area contributed by atoms with Gasteiger partial charge in [-0.25, -0.2) is 9.97 Å². The van der Waals surface area contributed by atoms with Crippen LogP contribution in [0.4, 0.5) is 11.6 Å². The lowest BCUT2D eigenvalue weighted by Crippen LogP contribution is -2.27. The van der Waals surface area contributed by atoms with E-state index in [2.05, 4.69) is 35.5 Å². The molecule has 116 valence electrons. The normalized spacial score (nSPS) is 26.2. The van der Waals surface area contributed by atoms with Crippen molar-refractivity contribution in [3.05, 3.63) is 11.9 Å². The zero-order valence-corrected chi connectivity index (χ0v) is 13.4. The first-order valence-electron chi connectivity index (χ1n) is 8.65. The Morgan fingerprint density at radius 1 is 1.05 bits per heavy atom. The predicted molar refractivity (Wildman–Crippen MR) is 87.8 cm³/mol. The fraction of sp³-hybridized carbons (Fsp3) is 0.765. The molecule has 4 heteroatoms. The van der Waals surface area contributed by atoms with Crippen molar-refractivity contribution >= 4 is 11.6 Å². The third-order valence-electron chi connectivity index (χ3n) is 4.74.